The zero-order valence-corrected chi connectivity index (χ0v) is 22.2. The number of nitro benzene ring substituents is 1. The molecule has 0 saturated carbocycles. The molecule has 10 nitrogen and oxygen atoms in total. The van der Waals surface area contributed by atoms with Crippen molar-refractivity contribution in [1.29, 1.82) is 0 Å². The lowest BCUT2D eigenvalue weighted by molar-refractivity contribution is -0.384. The minimum atomic E-state index is -3.69. The van der Waals surface area contributed by atoms with Gasteiger partial charge in [0.2, 0.25) is 15.9 Å². The summed E-state index contributed by atoms with van der Waals surface area (Å²) in [6.07, 6.45) is 5.37. The van der Waals surface area contributed by atoms with Crippen molar-refractivity contribution in [2.75, 3.05) is 56.5 Å². The van der Waals surface area contributed by atoms with E-state index < -0.39 is 20.9 Å². The van der Waals surface area contributed by atoms with E-state index in [2.05, 4.69) is 15.1 Å². The van der Waals surface area contributed by atoms with Crippen molar-refractivity contribution in [1.82, 2.24) is 9.21 Å². The molecule has 4 rings (SSSR count). The number of piperazine rings is 1. The van der Waals surface area contributed by atoms with E-state index in [-0.39, 0.29) is 15.6 Å². The number of halogens is 1. The third-order valence-corrected chi connectivity index (χ3v) is 8.83. The monoisotopic (exact) mass is 547 g/mol. The van der Waals surface area contributed by atoms with Crippen molar-refractivity contribution in [3.63, 3.8) is 0 Å². The van der Waals surface area contributed by atoms with Crippen LogP contribution in [0.5, 0.6) is 0 Å². The number of anilines is 2. The third-order valence-electron chi connectivity index (χ3n) is 6.62. The summed E-state index contributed by atoms with van der Waals surface area (Å²) in [5.41, 5.74) is 1.33. The lowest BCUT2D eigenvalue weighted by Gasteiger charge is -2.35. The van der Waals surface area contributed by atoms with E-state index in [9.17, 15) is 23.3 Å². The molecule has 0 aliphatic carbocycles. The highest BCUT2D eigenvalue weighted by Crippen LogP contribution is 2.32. The van der Waals surface area contributed by atoms with Gasteiger partial charge in [-0.3, -0.25) is 14.9 Å². The number of hydrogen-bond acceptors (Lipinski definition) is 7. The molecule has 37 heavy (non-hydrogen) atoms. The fourth-order valence-electron chi connectivity index (χ4n) is 4.47. The molecule has 2 aromatic rings. The van der Waals surface area contributed by atoms with Gasteiger partial charge in [0.05, 0.1) is 21.2 Å². The lowest BCUT2D eigenvalue weighted by atomic mass is 10.2. The second-order valence-corrected chi connectivity index (χ2v) is 11.6. The molecule has 0 spiro atoms. The molecule has 1 N–H and O–H groups in total. The van der Waals surface area contributed by atoms with E-state index in [1.165, 1.54) is 34.7 Å². The predicted octanol–water partition coefficient (Wildman–Crippen LogP) is 3.83. The molecule has 2 aliphatic heterocycles. The van der Waals surface area contributed by atoms with Gasteiger partial charge >= 0.3 is 0 Å². The SMILES string of the molecule is CN1CCN(c2ccc(S(=O)(=O)N3CCCCC3)cc2NC(=O)C=Cc2ccc(Cl)c([N+](=O)[O-])c2)CC1. The summed E-state index contributed by atoms with van der Waals surface area (Å²) < 4.78 is 28.1. The number of piperidine rings is 1. The van der Waals surface area contributed by atoms with Crippen LogP contribution >= 0.6 is 11.6 Å². The molecule has 1 amide bonds. The van der Waals surface area contributed by atoms with Crippen molar-refractivity contribution in [3.8, 4) is 0 Å². The van der Waals surface area contributed by atoms with E-state index in [0.717, 1.165) is 51.1 Å². The molecule has 12 heteroatoms. The van der Waals surface area contributed by atoms with Crippen molar-refractivity contribution < 1.29 is 18.1 Å². The van der Waals surface area contributed by atoms with Gasteiger partial charge in [-0.1, -0.05) is 24.1 Å². The first-order chi connectivity index (χ1) is 17.6. The van der Waals surface area contributed by atoms with Crippen molar-refractivity contribution in [2.24, 2.45) is 0 Å². The number of nitrogens with zero attached hydrogens (tertiary/aromatic N) is 4. The minimum Gasteiger partial charge on any atom is -0.367 e. The Morgan fingerprint density at radius 2 is 1.73 bits per heavy atom. The quantitative estimate of drug-likeness (QED) is 0.318. The maximum absolute atomic E-state index is 13.3. The van der Waals surface area contributed by atoms with Crippen LogP contribution < -0.4 is 10.2 Å². The smallest absolute Gasteiger partial charge is 0.288 e. The van der Waals surface area contributed by atoms with Crippen LogP contribution in [0.2, 0.25) is 5.02 Å². The maximum atomic E-state index is 13.3. The van der Waals surface area contributed by atoms with Crippen molar-refractivity contribution in [3.05, 3.63) is 63.2 Å². The zero-order valence-electron chi connectivity index (χ0n) is 20.6. The summed E-state index contributed by atoms with van der Waals surface area (Å²) in [7, 11) is -1.65. The van der Waals surface area contributed by atoms with Gasteiger partial charge in [0.25, 0.3) is 5.69 Å². The van der Waals surface area contributed by atoms with Gasteiger partial charge in [-0.2, -0.15) is 4.31 Å². The van der Waals surface area contributed by atoms with E-state index >= 15 is 0 Å². The van der Waals surface area contributed by atoms with Gasteiger partial charge in [-0.15, -0.1) is 0 Å². The molecule has 0 atom stereocenters. The Balaban J connectivity index is 1.61. The molecule has 198 valence electrons. The molecule has 2 aromatic carbocycles. The van der Waals surface area contributed by atoms with Gasteiger partial charge in [-0.25, -0.2) is 8.42 Å². The van der Waals surface area contributed by atoms with Crippen LogP contribution in [-0.2, 0) is 14.8 Å². The molecule has 2 saturated heterocycles. The summed E-state index contributed by atoms with van der Waals surface area (Å²) in [6.45, 7) is 4.14. The van der Waals surface area contributed by atoms with Gasteiger partial charge in [-0.05, 0) is 55.8 Å². The molecular formula is C25H30ClN5O5S. The summed E-state index contributed by atoms with van der Waals surface area (Å²) in [5.74, 6) is -0.486. The Morgan fingerprint density at radius 3 is 2.41 bits per heavy atom. The summed E-state index contributed by atoms with van der Waals surface area (Å²) >= 11 is 5.86. The number of amides is 1. The number of nitrogens with one attached hydrogen (secondary N) is 1. The highest BCUT2D eigenvalue weighted by Gasteiger charge is 2.28. The van der Waals surface area contributed by atoms with Crippen LogP contribution in [0.15, 0.2) is 47.4 Å². The zero-order chi connectivity index (χ0) is 26.6. The summed E-state index contributed by atoms with van der Waals surface area (Å²) in [4.78, 5) is 27.9. The first-order valence-electron chi connectivity index (χ1n) is 12.2. The van der Waals surface area contributed by atoms with Gasteiger partial charge in [0.15, 0.2) is 0 Å². The van der Waals surface area contributed by atoms with Crippen LogP contribution in [0.3, 0.4) is 0 Å². The number of nitro groups is 1. The number of carbonyl (C=O) groups is 1. The number of hydrogen-bond donors (Lipinski definition) is 1. The third kappa shape index (κ3) is 6.48. The molecule has 0 bridgehead atoms. The van der Waals surface area contributed by atoms with Crippen molar-refractivity contribution >= 4 is 50.7 Å². The van der Waals surface area contributed by atoms with Gasteiger partial charge < -0.3 is 15.1 Å². The van der Waals surface area contributed by atoms with E-state index in [1.807, 2.05) is 7.05 Å². The number of benzene rings is 2. The average Bonchev–Trinajstić information content (AvgIpc) is 2.89. The summed E-state index contributed by atoms with van der Waals surface area (Å²) in [5, 5.41) is 14.0. The molecule has 2 aliphatic rings. The Bertz CT molecular complexity index is 1300. The largest absolute Gasteiger partial charge is 0.367 e. The van der Waals surface area contributed by atoms with Gasteiger partial charge in [0.1, 0.15) is 5.02 Å². The number of likely N-dealkylation sites (N-methyl/N-ethyl adjacent to an activating group) is 1. The molecule has 2 heterocycles. The molecule has 2 fully saturated rings. The van der Waals surface area contributed by atoms with E-state index in [0.29, 0.717) is 24.3 Å². The lowest BCUT2D eigenvalue weighted by Crippen LogP contribution is -2.44. The van der Waals surface area contributed by atoms with Gasteiger partial charge in [0, 0.05) is 51.4 Å². The molecule has 0 aromatic heterocycles. The van der Waals surface area contributed by atoms with Crippen LogP contribution in [0.1, 0.15) is 24.8 Å². The standard InChI is InChI=1S/C25H30ClN5O5S/c1-28-13-15-29(16-14-28)23-9-7-20(37(35,36)30-11-3-2-4-12-30)18-22(23)27-25(32)10-6-19-5-8-21(26)24(17-19)31(33)34/h5-10,17-18H,2-4,11-16H2,1H3,(H,27,32). The van der Waals surface area contributed by atoms with Crippen LogP contribution in [0.4, 0.5) is 17.1 Å². The second kappa shape index (κ2) is 11.6. The highest BCUT2D eigenvalue weighted by molar-refractivity contribution is 7.89. The number of carbonyl (C=O) groups excluding carboxylic acids is 1. The highest BCUT2D eigenvalue weighted by atomic mass is 35.5. The Kier molecular flexibility index (Phi) is 8.48. The summed E-state index contributed by atoms with van der Waals surface area (Å²) in [6, 6.07) is 9.14. The maximum Gasteiger partial charge on any atom is 0.288 e. The van der Waals surface area contributed by atoms with Crippen LogP contribution in [0, 0.1) is 10.1 Å². The molecule has 0 unspecified atom stereocenters. The minimum absolute atomic E-state index is 0.00940. The predicted molar refractivity (Wildman–Crippen MR) is 145 cm³/mol. The second-order valence-electron chi connectivity index (χ2n) is 9.22. The van der Waals surface area contributed by atoms with E-state index in [1.54, 1.807) is 18.2 Å². The number of rotatable bonds is 7. The van der Waals surface area contributed by atoms with Crippen LogP contribution in [0.25, 0.3) is 6.08 Å². The fraction of sp³-hybridized carbons (Fsp3) is 0.400. The van der Waals surface area contributed by atoms with E-state index in [4.69, 9.17) is 11.6 Å². The molecular weight excluding hydrogens is 518 g/mol. The van der Waals surface area contributed by atoms with Crippen molar-refractivity contribution in [2.45, 2.75) is 24.2 Å². The topological polar surface area (TPSA) is 116 Å². The Morgan fingerprint density at radius 1 is 1.03 bits per heavy atom. The fourth-order valence-corrected chi connectivity index (χ4v) is 6.20. The molecule has 0 radical (unpaired) electrons. The first kappa shape index (κ1) is 27.1. The first-order valence-corrected chi connectivity index (χ1v) is 14.0. The Labute approximate surface area is 221 Å². The normalized spacial score (nSPS) is 17.7. The average molecular weight is 548 g/mol. The Hall–Kier alpha value is -2.99. The van der Waals surface area contributed by atoms with Crippen LogP contribution in [-0.4, -0.2) is 74.8 Å². The number of sulfonamides is 1.